The molecule has 0 fully saturated rings. The molecule has 0 amide bonds. The maximum absolute atomic E-state index is 11.1. The molecule has 0 saturated carbocycles. The Morgan fingerprint density at radius 3 is 2.19 bits per heavy atom. The zero-order chi connectivity index (χ0) is 24.5. The van der Waals surface area contributed by atoms with E-state index in [-0.39, 0.29) is 23.8 Å². The number of rotatable bonds is 15. The molecule has 1 aliphatic carbocycles. The molecule has 5 nitrogen and oxygen atoms in total. The number of aliphatic hydroxyl groups is 2. The van der Waals surface area contributed by atoms with Crippen LogP contribution >= 0.6 is 0 Å². The molecular weight excluding hydrogens is 403 g/mol. The lowest BCUT2D eigenvalue weighted by Gasteiger charge is -2.42. The van der Waals surface area contributed by atoms with Crippen molar-refractivity contribution in [2.75, 3.05) is 13.2 Å². The summed E-state index contributed by atoms with van der Waals surface area (Å²) in [5.74, 6) is 1.71. The van der Waals surface area contributed by atoms with Crippen molar-refractivity contribution in [3.8, 4) is 0 Å². The second kappa shape index (κ2) is 13.4. The molecule has 0 saturated heterocycles. The van der Waals surface area contributed by atoms with Crippen LogP contribution in [-0.4, -0.2) is 54.3 Å². The maximum Gasteiger partial charge on any atom is 0.281 e. The highest BCUT2D eigenvalue weighted by molar-refractivity contribution is 6.29. The van der Waals surface area contributed by atoms with Gasteiger partial charge in [-0.05, 0) is 64.8 Å². The van der Waals surface area contributed by atoms with Gasteiger partial charge in [0.15, 0.2) is 0 Å². The van der Waals surface area contributed by atoms with E-state index in [1.54, 1.807) is 13.8 Å². The Hall–Kier alpha value is -0.555. The Kier molecular flexibility index (Phi) is 12.3. The van der Waals surface area contributed by atoms with Crippen LogP contribution in [0.5, 0.6) is 0 Å². The van der Waals surface area contributed by atoms with Crippen LogP contribution in [0.2, 0.25) is 5.82 Å². The van der Waals surface area contributed by atoms with E-state index in [0.29, 0.717) is 26.6 Å². The molecule has 0 bridgehead atoms. The molecule has 0 spiro atoms. The molecule has 2 N–H and O–H groups in total. The van der Waals surface area contributed by atoms with E-state index >= 15 is 0 Å². The van der Waals surface area contributed by atoms with Crippen molar-refractivity contribution < 1.29 is 24.3 Å². The number of hydrogen-bond acceptors (Lipinski definition) is 5. The van der Waals surface area contributed by atoms with Gasteiger partial charge in [-0.3, -0.25) is 0 Å². The van der Waals surface area contributed by atoms with Crippen molar-refractivity contribution in [2.24, 2.45) is 17.8 Å². The summed E-state index contributed by atoms with van der Waals surface area (Å²) in [6, 6.07) is 0. The van der Waals surface area contributed by atoms with Gasteiger partial charge in [0.2, 0.25) is 0 Å². The Bertz CT molecular complexity index is 555. The van der Waals surface area contributed by atoms with Crippen molar-refractivity contribution in [1.29, 1.82) is 0 Å². The average molecular weight is 455 g/mol. The van der Waals surface area contributed by atoms with E-state index < -0.39 is 17.3 Å². The summed E-state index contributed by atoms with van der Waals surface area (Å²) in [4.78, 5) is 0. The molecule has 6 heteroatoms. The number of allylic oxidation sites excluding steroid dienone is 1. The summed E-state index contributed by atoms with van der Waals surface area (Å²) in [5, 5.41) is 21.6. The molecule has 0 aliphatic heterocycles. The van der Waals surface area contributed by atoms with Gasteiger partial charge in [-0.2, -0.15) is 0 Å². The summed E-state index contributed by atoms with van der Waals surface area (Å²) in [7, 11) is 0.465. The Morgan fingerprint density at radius 1 is 1.06 bits per heavy atom. The van der Waals surface area contributed by atoms with E-state index in [2.05, 4.69) is 34.6 Å². The minimum absolute atomic E-state index is 0.0124. The van der Waals surface area contributed by atoms with E-state index in [4.69, 9.17) is 14.1 Å². The van der Waals surface area contributed by atoms with Crippen LogP contribution < -0.4 is 0 Å². The summed E-state index contributed by atoms with van der Waals surface area (Å²) < 4.78 is 18.7. The number of unbranched alkanes of at least 4 members (excludes halogenated alkanes) is 2. The van der Waals surface area contributed by atoms with Crippen molar-refractivity contribution in [2.45, 2.75) is 124 Å². The van der Waals surface area contributed by atoms with E-state index in [0.717, 1.165) is 37.9 Å². The molecule has 2 unspecified atom stereocenters. The Labute approximate surface area is 198 Å². The van der Waals surface area contributed by atoms with Crippen LogP contribution in [0, 0.1) is 17.8 Å². The van der Waals surface area contributed by atoms with E-state index in [9.17, 15) is 10.2 Å². The summed E-state index contributed by atoms with van der Waals surface area (Å²) in [6.45, 7) is 19.7. The largest absolute Gasteiger partial charge is 0.498 e. The SMILES string of the molecule is CCCCOC1=C[C@H](O)C([C@H](OCCCC)C(C)BOC(C)(C)C(C)(C)O)C[C@@H]1C(C)C. The van der Waals surface area contributed by atoms with Gasteiger partial charge < -0.3 is 24.3 Å². The predicted octanol–water partition coefficient (Wildman–Crippen LogP) is 5.25. The van der Waals surface area contributed by atoms with Gasteiger partial charge in [-0.25, -0.2) is 0 Å². The minimum atomic E-state index is -0.953. The second-order valence-electron chi connectivity index (χ2n) is 11.1. The topological polar surface area (TPSA) is 68.2 Å². The lowest BCUT2D eigenvalue weighted by molar-refractivity contribution is -0.0946. The molecule has 0 aromatic heterocycles. The summed E-state index contributed by atoms with van der Waals surface area (Å²) in [6.07, 6.45) is 6.23. The molecular formula is C26H51BO5. The molecule has 0 heterocycles. The van der Waals surface area contributed by atoms with Crippen LogP contribution in [0.15, 0.2) is 11.8 Å². The van der Waals surface area contributed by atoms with Gasteiger partial charge in [-0.15, -0.1) is 0 Å². The molecule has 32 heavy (non-hydrogen) atoms. The van der Waals surface area contributed by atoms with Crippen LogP contribution in [0.3, 0.4) is 0 Å². The monoisotopic (exact) mass is 454 g/mol. The molecule has 1 rings (SSSR count). The van der Waals surface area contributed by atoms with Crippen molar-refractivity contribution >= 4 is 7.48 Å². The van der Waals surface area contributed by atoms with Crippen LogP contribution in [0.1, 0.15) is 94.4 Å². The standard InChI is InChI=1S/C26H51BO5/c1-10-12-14-30-23-17-22(28)21(16-20(23)18(3)4)24(31-15-13-11-2)19(5)27-32-26(8,9)25(6,7)29/h17-22,24,27-29H,10-16H2,1-9H3/t19?,20-,21?,22+,24-/m1/s1. The quantitative estimate of drug-likeness (QED) is 0.261. The maximum atomic E-state index is 11.1. The third kappa shape index (κ3) is 8.66. The lowest BCUT2D eigenvalue weighted by Crippen LogP contribution is -2.49. The normalized spacial score (nSPS) is 24.2. The van der Waals surface area contributed by atoms with Gasteiger partial charge in [0.1, 0.15) is 0 Å². The first-order valence-electron chi connectivity index (χ1n) is 12.9. The van der Waals surface area contributed by atoms with Crippen LogP contribution in [-0.2, 0) is 14.1 Å². The molecule has 188 valence electrons. The predicted molar refractivity (Wildman–Crippen MR) is 134 cm³/mol. The first kappa shape index (κ1) is 29.5. The van der Waals surface area contributed by atoms with Gasteiger partial charge in [0.05, 0.1) is 35.8 Å². The van der Waals surface area contributed by atoms with E-state index in [1.807, 2.05) is 19.9 Å². The van der Waals surface area contributed by atoms with Crippen molar-refractivity contribution in [1.82, 2.24) is 0 Å². The smallest absolute Gasteiger partial charge is 0.281 e. The highest BCUT2D eigenvalue weighted by Gasteiger charge is 2.42. The molecule has 5 atom stereocenters. The van der Waals surface area contributed by atoms with Crippen molar-refractivity contribution in [3.05, 3.63) is 11.8 Å². The zero-order valence-electron chi connectivity index (χ0n) is 22.3. The van der Waals surface area contributed by atoms with Crippen LogP contribution in [0.25, 0.3) is 0 Å². The minimum Gasteiger partial charge on any atom is -0.498 e. The van der Waals surface area contributed by atoms with Crippen LogP contribution in [0.4, 0.5) is 0 Å². The van der Waals surface area contributed by atoms with Gasteiger partial charge in [0, 0.05) is 18.4 Å². The number of hydrogen-bond donors (Lipinski definition) is 2. The summed E-state index contributed by atoms with van der Waals surface area (Å²) >= 11 is 0. The summed E-state index contributed by atoms with van der Waals surface area (Å²) in [5.41, 5.74) is -1.63. The fourth-order valence-corrected chi connectivity index (χ4v) is 4.07. The highest BCUT2D eigenvalue weighted by Crippen LogP contribution is 2.40. The molecule has 0 aromatic carbocycles. The molecule has 1 aliphatic rings. The second-order valence-corrected chi connectivity index (χ2v) is 11.1. The van der Waals surface area contributed by atoms with E-state index in [1.165, 1.54) is 0 Å². The lowest BCUT2D eigenvalue weighted by atomic mass is 9.66. The Morgan fingerprint density at radius 2 is 1.66 bits per heavy atom. The third-order valence-corrected chi connectivity index (χ3v) is 7.21. The average Bonchev–Trinajstić information content (AvgIpc) is 2.69. The zero-order valence-corrected chi connectivity index (χ0v) is 22.3. The fraction of sp³-hybridized carbons (Fsp3) is 0.923. The van der Waals surface area contributed by atoms with Gasteiger partial charge in [0.25, 0.3) is 7.48 Å². The molecule has 0 aromatic rings. The van der Waals surface area contributed by atoms with Gasteiger partial charge >= 0.3 is 0 Å². The highest BCUT2D eigenvalue weighted by atomic mass is 16.5. The van der Waals surface area contributed by atoms with Gasteiger partial charge in [-0.1, -0.05) is 47.5 Å². The Balaban J connectivity index is 3.03. The third-order valence-electron chi connectivity index (χ3n) is 7.21. The first-order valence-corrected chi connectivity index (χ1v) is 12.9. The van der Waals surface area contributed by atoms with Crippen molar-refractivity contribution in [3.63, 3.8) is 0 Å². The number of aliphatic hydroxyl groups excluding tert-OH is 1. The molecule has 0 radical (unpaired) electrons. The number of ether oxygens (including phenoxy) is 2. The first-order chi connectivity index (χ1) is 14.9. The fourth-order valence-electron chi connectivity index (χ4n) is 4.07.